The summed E-state index contributed by atoms with van der Waals surface area (Å²) in [6.45, 7) is 4.29. The van der Waals surface area contributed by atoms with E-state index in [-0.39, 0.29) is 5.88 Å². The van der Waals surface area contributed by atoms with Crippen LogP contribution in [0.1, 0.15) is 48.2 Å². The van der Waals surface area contributed by atoms with E-state index in [4.69, 9.17) is 4.74 Å². The molecule has 0 unspecified atom stereocenters. The Morgan fingerprint density at radius 1 is 0.889 bits per heavy atom. The maximum atomic E-state index is 12.3. The molecule has 0 atom stereocenters. The first-order valence-corrected chi connectivity index (χ1v) is 9.42. The summed E-state index contributed by atoms with van der Waals surface area (Å²) in [6, 6.07) is 15.7. The van der Waals surface area contributed by atoms with Gasteiger partial charge in [-0.2, -0.15) is 0 Å². The second-order valence-electron chi connectivity index (χ2n) is 6.48. The molecule has 4 heteroatoms. The Hall–Kier alpha value is -3.01. The predicted molar refractivity (Wildman–Crippen MR) is 107 cm³/mol. The Morgan fingerprint density at radius 3 is 2.19 bits per heavy atom. The summed E-state index contributed by atoms with van der Waals surface area (Å²) in [6.07, 6.45) is 7.43. The molecule has 1 aromatic heterocycles. The summed E-state index contributed by atoms with van der Waals surface area (Å²) in [5.41, 5.74) is 4.75. The van der Waals surface area contributed by atoms with Gasteiger partial charge in [-0.15, -0.1) is 0 Å². The van der Waals surface area contributed by atoms with E-state index in [0.717, 1.165) is 36.9 Å². The van der Waals surface area contributed by atoms with Crippen molar-refractivity contribution in [1.82, 2.24) is 9.97 Å². The summed E-state index contributed by atoms with van der Waals surface area (Å²) < 4.78 is 5.34. The van der Waals surface area contributed by atoms with Gasteiger partial charge in [0.15, 0.2) is 0 Å². The number of ether oxygens (including phenoxy) is 1. The van der Waals surface area contributed by atoms with Gasteiger partial charge in [0.2, 0.25) is 5.88 Å². The van der Waals surface area contributed by atoms with Crippen LogP contribution in [-0.2, 0) is 12.8 Å². The molecule has 0 saturated carbocycles. The summed E-state index contributed by atoms with van der Waals surface area (Å²) >= 11 is 0. The van der Waals surface area contributed by atoms with Crippen LogP contribution < -0.4 is 4.74 Å². The fraction of sp³-hybridized carbons (Fsp3) is 0.261. The average molecular weight is 360 g/mol. The fourth-order valence-electron chi connectivity index (χ4n) is 2.77. The van der Waals surface area contributed by atoms with Crippen LogP contribution in [0.2, 0.25) is 0 Å². The number of carbonyl (C=O) groups excluding carboxylic acids is 1. The number of hydrogen-bond donors (Lipinski definition) is 0. The van der Waals surface area contributed by atoms with E-state index < -0.39 is 5.97 Å². The van der Waals surface area contributed by atoms with E-state index >= 15 is 0 Å². The average Bonchev–Trinajstić information content (AvgIpc) is 2.73. The number of esters is 1. The van der Waals surface area contributed by atoms with Crippen LogP contribution in [0.5, 0.6) is 5.88 Å². The number of nitrogens with zero attached hydrogens (tertiary/aromatic N) is 2. The van der Waals surface area contributed by atoms with Crippen LogP contribution in [0.15, 0.2) is 60.9 Å². The number of rotatable bonds is 7. The van der Waals surface area contributed by atoms with Crippen molar-refractivity contribution in [2.45, 2.75) is 39.5 Å². The van der Waals surface area contributed by atoms with Gasteiger partial charge >= 0.3 is 5.97 Å². The van der Waals surface area contributed by atoms with E-state index in [1.165, 1.54) is 17.3 Å². The largest absolute Gasteiger partial charge is 0.402 e. The molecule has 4 nitrogen and oxygen atoms in total. The molecule has 0 N–H and O–H groups in total. The molecule has 3 rings (SSSR count). The molecule has 0 bridgehead atoms. The minimum atomic E-state index is -0.425. The van der Waals surface area contributed by atoms with Crippen molar-refractivity contribution in [2.75, 3.05) is 0 Å². The molecule has 0 aliphatic carbocycles. The minimum Gasteiger partial charge on any atom is -0.402 e. The standard InChI is InChI=1S/C23H24N2O2/c1-3-5-6-18-9-13-20(14-10-18)23(26)27-22-16-24-21(15-25-22)19-11-7-17(4-2)8-12-19/h7-16H,3-6H2,1-2H3. The Kier molecular flexibility index (Phi) is 6.31. The molecule has 0 saturated heterocycles. The Morgan fingerprint density at radius 2 is 1.59 bits per heavy atom. The Labute approximate surface area is 160 Å². The van der Waals surface area contributed by atoms with Crippen LogP contribution >= 0.6 is 0 Å². The predicted octanol–water partition coefficient (Wildman–Crippen LogP) is 5.27. The molecule has 0 amide bonds. The summed E-state index contributed by atoms with van der Waals surface area (Å²) in [7, 11) is 0. The van der Waals surface area contributed by atoms with E-state index in [2.05, 4.69) is 35.9 Å². The zero-order valence-corrected chi connectivity index (χ0v) is 15.8. The molecule has 2 aromatic carbocycles. The Balaban J connectivity index is 1.64. The van der Waals surface area contributed by atoms with Crippen molar-refractivity contribution >= 4 is 5.97 Å². The highest BCUT2D eigenvalue weighted by Gasteiger charge is 2.10. The highest BCUT2D eigenvalue weighted by atomic mass is 16.5. The third kappa shape index (κ3) is 5.00. The summed E-state index contributed by atoms with van der Waals surface area (Å²) in [5.74, 6) is -0.227. The van der Waals surface area contributed by atoms with Gasteiger partial charge < -0.3 is 4.74 Å². The SMILES string of the molecule is CCCCc1ccc(C(=O)Oc2cnc(-c3ccc(CC)cc3)cn2)cc1. The van der Waals surface area contributed by atoms with E-state index in [1.807, 2.05) is 24.3 Å². The molecule has 0 radical (unpaired) electrons. The number of carbonyl (C=O) groups is 1. The lowest BCUT2D eigenvalue weighted by molar-refractivity contribution is 0.0727. The van der Waals surface area contributed by atoms with Crippen molar-refractivity contribution in [2.24, 2.45) is 0 Å². The van der Waals surface area contributed by atoms with Gasteiger partial charge in [-0.05, 0) is 42.5 Å². The molecule has 3 aromatic rings. The first-order valence-electron chi connectivity index (χ1n) is 9.42. The molecule has 0 fully saturated rings. The monoisotopic (exact) mass is 360 g/mol. The number of unbranched alkanes of at least 4 members (excludes halogenated alkanes) is 1. The third-order valence-corrected chi connectivity index (χ3v) is 4.49. The summed E-state index contributed by atoms with van der Waals surface area (Å²) in [4.78, 5) is 20.8. The molecule has 27 heavy (non-hydrogen) atoms. The zero-order valence-electron chi connectivity index (χ0n) is 15.8. The van der Waals surface area contributed by atoms with Gasteiger partial charge in [-0.3, -0.25) is 0 Å². The van der Waals surface area contributed by atoms with E-state index in [9.17, 15) is 4.79 Å². The van der Waals surface area contributed by atoms with E-state index in [1.54, 1.807) is 18.3 Å². The lowest BCUT2D eigenvalue weighted by atomic mass is 10.1. The van der Waals surface area contributed by atoms with Crippen molar-refractivity contribution in [3.63, 3.8) is 0 Å². The molecule has 0 aliphatic rings. The smallest absolute Gasteiger partial charge is 0.344 e. The Bertz CT molecular complexity index is 870. The number of aromatic nitrogens is 2. The van der Waals surface area contributed by atoms with Crippen LogP contribution in [0, 0.1) is 0 Å². The molecule has 0 spiro atoms. The number of hydrogen-bond acceptors (Lipinski definition) is 4. The maximum Gasteiger partial charge on any atom is 0.344 e. The molecule has 1 heterocycles. The molecular formula is C23H24N2O2. The maximum absolute atomic E-state index is 12.3. The van der Waals surface area contributed by atoms with Crippen LogP contribution in [0.4, 0.5) is 0 Å². The van der Waals surface area contributed by atoms with E-state index in [0.29, 0.717) is 5.56 Å². The van der Waals surface area contributed by atoms with Gasteiger partial charge in [0.05, 0.1) is 23.7 Å². The van der Waals surface area contributed by atoms with Crippen molar-refractivity contribution in [1.29, 1.82) is 0 Å². The first kappa shape index (κ1) is 18.8. The number of aryl methyl sites for hydroxylation is 2. The summed E-state index contributed by atoms with van der Waals surface area (Å²) in [5, 5.41) is 0. The second kappa shape index (κ2) is 9.08. The lowest BCUT2D eigenvalue weighted by Crippen LogP contribution is -2.09. The molecular weight excluding hydrogens is 336 g/mol. The first-order chi connectivity index (χ1) is 13.2. The second-order valence-corrected chi connectivity index (χ2v) is 6.48. The van der Waals surface area contributed by atoms with Gasteiger partial charge in [0, 0.05) is 5.56 Å². The highest BCUT2D eigenvalue weighted by molar-refractivity contribution is 5.90. The van der Waals surface area contributed by atoms with Crippen LogP contribution in [0.3, 0.4) is 0 Å². The van der Waals surface area contributed by atoms with Gasteiger partial charge in [0.25, 0.3) is 0 Å². The number of benzene rings is 2. The van der Waals surface area contributed by atoms with Crippen LogP contribution in [-0.4, -0.2) is 15.9 Å². The third-order valence-electron chi connectivity index (χ3n) is 4.49. The molecule has 138 valence electrons. The zero-order chi connectivity index (χ0) is 19.1. The van der Waals surface area contributed by atoms with Gasteiger partial charge in [-0.25, -0.2) is 14.8 Å². The van der Waals surface area contributed by atoms with Crippen molar-refractivity contribution in [3.05, 3.63) is 77.6 Å². The molecule has 0 aliphatic heterocycles. The normalized spacial score (nSPS) is 10.6. The fourth-order valence-corrected chi connectivity index (χ4v) is 2.77. The minimum absolute atomic E-state index is 0.198. The topological polar surface area (TPSA) is 52.1 Å². The van der Waals surface area contributed by atoms with Crippen LogP contribution in [0.25, 0.3) is 11.3 Å². The quantitative estimate of drug-likeness (QED) is 0.539. The highest BCUT2D eigenvalue weighted by Crippen LogP contribution is 2.19. The van der Waals surface area contributed by atoms with Gasteiger partial charge in [-0.1, -0.05) is 56.7 Å². The van der Waals surface area contributed by atoms with Crippen molar-refractivity contribution in [3.8, 4) is 17.1 Å². The van der Waals surface area contributed by atoms with Gasteiger partial charge in [0.1, 0.15) is 0 Å². The van der Waals surface area contributed by atoms with Crippen molar-refractivity contribution < 1.29 is 9.53 Å². The lowest BCUT2D eigenvalue weighted by Gasteiger charge is -2.06.